The van der Waals surface area contributed by atoms with Crippen molar-refractivity contribution in [3.05, 3.63) is 62.4 Å². The summed E-state index contributed by atoms with van der Waals surface area (Å²) in [6.07, 6.45) is 1.66. The van der Waals surface area contributed by atoms with Gasteiger partial charge in [-0.25, -0.2) is 22.9 Å². The Morgan fingerprint density at radius 1 is 1.39 bits per heavy atom. The zero-order valence-electron chi connectivity index (χ0n) is 16.6. The van der Waals surface area contributed by atoms with Crippen molar-refractivity contribution < 1.29 is 22.7 Å². The summed E-state index contributed by atoms with van der Waals surface area (Å²) >= 11 is 4.54. The fraction of sp³-hybridized carbons (Fsp3) is 0.350. The van der Waals surface area contributed by atoms with Crippen LogP contribution in [0, 0.1) is 5.82 Å². The lowest BCUT2D eigenvalue weighted by molar-refractivity contribution is -0.138. The van der Waals surface area contributed by atoms with Gasteiger partial charge in [-0.2, -0.15) is 0 Å². The molecule has 1 saturated heterocycles. The van der Waals surface area contributed by atoms with Crippen LogP contribution in [0.2, 0.25) is 0 Å². The predicted octanol–water partition coefficient (Wildman–Crippen LogP) is 3.85. The zero-order valence-corrected chi connectivity index (χ0v) is 19.0. The molecule has 0 spiro atoms. The van der Waals surface area contributed by atoms with Crippen molar-refractivity contribution in [2.75, 3.05) is 32.8 Å². The summed E-state index contributed by atoms with van der Waals surface area (Å²) < 4.78 is 44.0. The lowest BCUT2D eigenvalue weighted by Crippen LogP contribution is -2.57. The molecular formula is C20H20BrF3N4O2S. The first-order chi connectivity index (χ1) is 14.8. The molecule has 3 heterocycles. The molecule has 1 aromatic heterocycles. The van der Waals surface area contributed by atoms with E-state index in [1.807, 2.05) is 5.38 Å². The number of ether oxygens (including phenoxy) is 1. The first-order valence-corrected chi connectivity index (χ1v) is 11.1. The normalized spacial score (nSPS) is 17.6. The highest BCUT2D eigenvalue weighted by molar-refractivity contribution is 9.10. The maximum Gasteiger partial charge on any atom is 0.337 e. The van der Waals surface area contributed by atoms with E-state index in [1.54, 1.807) is 30.2 Å². The van der Waals surface area contributed by atoms with Crippen LogP contribution in [0.3, 0.4) is 0 Å². The van der Waals surface area contributed by atoms with Crippen LogP contribution < -0.4 is 5.32 Å². The number of nitrogens with zero attached hydrogens (tertiary/aromatic N) is 3. The summed E-state index contributed by atoms with van der Waals surface area (Å²) in [7, 11) is 0. The second-order valence-electron chi connectivity index (χ2n) is 6.75. The van der Waals surface area contributed by atoms with Crippen molar-refractivity contribution >= 4 is 39.1 Å². The van der Waals surface area contributed by atoms with Crippen LogP contribution in [0.5, 0.6) is 0 Å². The molecule has 4 rings (SSSR count). The van der Waals surface area contributed by atoms with Gasteiger partial charge in [0.1, 0.15) is 5.82 Å². The number of halogens is 4. The molecule has 11 heteroatoms. The van der Waals surface area contributed by atoms with Gasteiger partial charge >= 0.3 is 5.97 Å². The van der Waals surface area contributed by atoms with E-state index >= 15 is 0 Å². The molecule has 1 aromatic carbocycles. The zero-order chi connectivity index (χ0) is 22.4. The highest BCUT2D eigenvalue weighted by atomic mass is 79.9. The SMILES string of the molecule is CCOC(=O)C1=C(CN2CC(F)(F)C2)NC(c2nccs2)=NC1.Fc1cccc(Br)c1. The van der Waals surface area contributed by atoms with Crippen molar-refractivity contribution in [2.45, 2.75) is 12.8 Å². The summed E-state index contributed by atoms with van der Waals surface area (Å²) in [4.78, 5) is 22.1. The summed E-state index contributed by atoms with van der Waals surface area (Å²) in [6.45, 7) is 1.74. The number of aliphatic imine (C=N–C) groups is 1. The summed E-state index contributed by atoms with van der Waals surface area (Å²) in [5.41, 5.74) is 0.932. The number of hydrogen-bond acceptors (Lipinski definition) is 7. The molecule has 166 valence electrons. The second-order valence-corrected chi connectivity index (χ2v) is 8.56. The number of carbonyl (C=O) groups excluding carboxylic acids is 1. The molecule has 0 amide bonds. The Kier molecular flexibility index (Phi) is 7.84. The topological polar surface area (TPSA) is 66.8 Å². The summed E-state index contributed by atoms with van der Waals surface area (Å²) in [5, 5.41) is 5.57. The Morgan fingerprint density at radius 2 is 2.16 bits per heavy atom. The Hall–Kier alpha value is -2.24. The fourth-order valence-electron chi connectivity index (χ4n) is 2.92. The van der Waals surface area contributed by atoms with E-state index in [0.717, 1.165) is 4.47 Å². The molecule has 31 heavy (non-hydrogen) atoms. The minimum absolute atomic E-state index is 0.153. The maximum absolute atomic E-state index is 13.0. The number of aromatic nitrogens is 1. The molecule has 1 N–H and O–H groups in total. The summed E-state index contributed by atoms with van der Waals surface area (Å²) in [5.74, 6) is -2.77. The highest BCUT2D eigenvalue weighted by Gasteiger charge is 2.44. The monoisotopic (exact) mass is 516 g/mol. The standard InChI is InChI=1S/C14H16F2N4O2S.C6H4BrF/c1-2-22-13(21)9-5-18-11(12-17-3-4-23-12)19-10(9)6-20-7-14(15,16)8-20;7-5-2-1-3-6(8)4-5/h3-4H,2,5-8H2,1H3,(H,18,19);1-4H. The molecule has 0 saturated carbocycles. The number of thiazole rings is 1. The van der Waals surface area contributed by atoms with E-state index in [-0.39, 0.29) is 38.6 Å². The molecule has 2 aliphatic heterocycles. The molecule has 0 bridgehead atoms. The quantitative estimate of drug-likeness (QED) is 0.611. The smallest absolute Gasteiger partial charge is 0.337 e. The van der Waals surface area contributed by atoms with Crippen LogP contribution in [0.25, 0.3) is 0 Å². The first kappa shape index (κ1) is 23.4. The maximum atomic E-state index is 13.0. The minimum atomic E-state index is -2.65. The lowest BCUT2D eigenvalue weighted by Gasteiger charge is -2.39. The number of amidine groups is 1. The van der Waals surface area contributed by atoms with Crippen molar-refractivity contribution in [3.8, 4) is 0 Å². The largest absolute Gasteiger partial charge is 0.463 e. The van der Waals surface area contributed by atoms with Gasteiger partial charge in [-0.1, -0.05) is 22.0 Å². The van der Waals surface area contributed by atoms with E-state index in [0.29, 0.717) is 22.1 Å². The first-order valence-electron chi connectivity index (χ1n) is 9.39. The van der Waals surface area contributed by atoms with E-state index in [2.05, 4.69) is 31.2 Å². The average Bonchev–Trinajstić information content (AvgIpc) is 3.22. The molecule has 2 aliphatic rings. The van der Waals surface area contributed by atoms with Crippen LogP contribution in [-0.4, -0.2) is 60.4 Å². The van der Waals surface area contributed by atoms with Crippen LogP contribution in [0.1, 0.15) is 11.9 Å². The van der Waals surface area contributed by atoms with Crippen molar-refractivity contribution in [3.63, 3.8) is 0 Å². The predicted molar refractivity (Wildman–Crippen MR) is 116 cm³/mol. The van der Waals surface area contributed by atoms with Crippen molar-refractivity contribution in [1.29, 1.82) is 0 Å². The van der Waals surface area contributed by atoms with Gasteiger partial charge in [-0.3, -0.25) is 9.89 Å². The molecular weight excluding hydrogens is 497 g/mol. The van der Waals surface area contributed by atoms with Gasteiger partial charge in [-0.05, 0) is 25.1 Å². The number of likely N-dealkylation sites (tertiary alicyclic amines) is 1. The molecule has 2 aromatic rings. The third kappa shape index (κ3) is 6.62. The Bertz CT molecular complexity index is 957. The Morgan fingerprint density at radius 3 is 2.71 bits per heavy atom. The number of benzene rings is 1. The molecule has 0 radical (unpaired) electrons. The van der Waals surface area contributed by atoms with Crippen LogP contribution >= 0.6 is 27.3 Å². The van der Waals surface area contributed by atoms with E-state index < -0.39 is 11.9 Å². The van der Waals surface area contributed by atoms with Crippen LogP contribution in [-0.2, 0) is 9.53 Å². The lowest BCUT2D eigenvalue weighted by atomic mass is 10.1. The number of esters is 1. The van der Waals surface area contributed by atoms with Crippen LogP contribution in [0.15, 0.2) is 56.6 Å². The van der Waals surface area contributed by atoms with E-state index in [9.17, 15) is 18.0 Å². The summed E-state index contributed by atoms with van der Waals surface area (Å²) in [6, 6.07) is 6.26. The minimum Gasteiger partial charge on any atom is -0.463 e. The molecule has 6 nitrogen and oxygen atoms in total. The van der Waals surface area contributed by atoms with Gasteiger partial charge in [0.2, 0.25) is 0 Å². The highest BCUT2D eigenvalue weighted by Crippen LogP contribution is 2.28. The number of rotatable bonds is 5. The Balaban J connectivity index is 0.000000287. The van der Waals surface area contributed by atoms with Gasteiger partial charge in [0.15, 0.2) is 10.8 Å². The third-order valence-electron chi connectivity index (χ3n) is 4.26. The van der Waals surface area contributed by atoms with Crippen molar-refractivity contribution in [1.82, 2.24) is 15.2 Å². The fourth-order valence-corrected chi connectivity index (χ4v) is 3.89. The van der Waals surface area contributed by atoms with Gasteiger partial charge < -0.3 is 10.1 Å². The Labute approximate surface area is 190 Å². The average molecular weight is 517 g/mol. The van der Waals surface area contributed by atoms with Gasteiger partial charge in [0.05, 0.1) is 31.8 Å². The molecule has 0 unspecified atom stereocenters. The number of hydrogen-bond donors (Lipinski definition) is 1. The van der Waals surface area contributed by atoms with Gasteiger partial charge in [0.25, 0.3) is 5.92 Å². The number of carbonyl (C=O) groups is 1. The number of nitrogens with one attached hydrogen (secondary N) is 1. The molecule has 0 atom stereocenters. The van der Waals surface area contributed by atoms with Crippen molar-refractivity contribution in [2.24, 2.45) is 4.99 Å². The van der Waals surface area contributed by atoms with Crippen LogP contribution in [0.4, 0.5) is 13.2 Å². The second kappa shape index (κ2) is 10.4. The van der Waals surface area contributed by atoms with E-state index in [1.165, 1.54) is 23.5 Å². The molecule has 1 fully saturated rings. The molecule has 0 aliphatic carbocycles. The number of alkyl halides is 2. The van der Waals surface area contributed by atoms with Gasteiger partial charge in [-0.15, -0.1) is 11.3 Å². The van der Waals surface area contributed by atoms with E-state index in [4.69, 9.17) is 4.74 Å². The van der Waals surface area contributed by atoms with Gasteiger partial charge in [0, 0.05) is 28.3 Å². The third-order valence-corrected chi connectivity index (χ3v) is 5.54.